The van der Waals surface area contributed by atoms with E-state index < -0.39 is 5.91 Å². The number of carbonyl (C=O) groups is 1. The zero-order valence-electron chi connectivity index (χ0n) is 13.1. The Bertz CT molecular complexity index is 996. The molecule has 1 aliphatic rings. The van der Waals surface area contributed by atoms with Gasteiger partial charge in [0.1, 0.15) is 16.8 Å². The second-order valence-corrected chi connectivity index (χ2v) is 6.86. The quantitative estimate of drug-likeness (QED) is 0.749. The molecule has 0 atom stereocenters. The van der Waals surface area contributed by atoms with E-state index >= 15 is 0 Å². The zero-order valence-corrected chi connectivity index (χ0v) is 13.9. The maximum absolute atomic E-state index is 12.4. The van der Waals surface area contributed by atoms with Gasteiger partial charge in [-0.2, -0.15) is 5.26 Å². The average molecular weight is 351 g/mol. The second-order valence-electron chi connectivity index (χ2n) is 5.75. The molecule has 1 aliphatic carbocycles. The highest BCUT2D eigenvalue weighted by Crippen LogP contribution is 2.38. The van der Waals surface area contributed by atoms with E-state index in [0.717, 1.165) is 24.8 Å². The molecule has 0 unspecified atom stereocenters. The molecule has 0 radical (unpaired) electrons. The normalized spacial score (nSPS) is 12.6. The molecule has 2 heterocycles. The number of amides is 1. The van der Waals surface area contributed by atoms with Gasteiger partial charge in [-0.3, -0.25) is 4.79 Å². The van der Waals surface area contributed by atoms with E-state index in [1.807, 2.05) is 0 Å². The Balaban J connectivity index is 1.57. The Morgan fingerprint density at radius 1 is 1.32 bits per heavy atom. The van der Waals surface area contributed by atoms with Crippen LogP contribution in [0.1, 0.15) is 32.9 Å². The van der Waals surface area contributed by atoms with Crippen molar-refractivity contribution >= 4 is 22.2 Å². The van der Waals surface area contributed by atoms with E-state index in [1.165, 1.54) is 34.4 Å². The molecule has 0 bridgehead atoms. The van der Waals surface area contributed by atoms with Gasteiger partial charge in [0.25, 0.3) is 5.91 Å². The van der Waals surface area contributed by atoms with Crippen LogP contribution in [0.4, 0.5) is 5.00 Å². The number of aromatic nitrogens is 1. The van der Waals surface area contributed by atoms with Gasteiger partial charge in [0.05, 0.1) is 5.56 Å². The van der Waals surface area contributed by atoms with Crippen LogP contribution in [-0.4, -0.2) is 16.2 Å². The molecule has 25 heavy (non-hydrogen) atoms. The summed E-state index contributed by atoms with van der Waals surface area (Å²) in [5.74, 6) is 0.167. The standard InChI is InChI=1S/C18H13N3O3S/c19-9-13-12-2-1-3-16(12)25-18(13)20-17(23)14-8-15(24-21-14)10-4-6-11(22)7-5-10/h4-8,22H,1-3H2,(H,20,23). The molecule has 0 fully saturated rings. The highest BCUT2D eigenvalue weighted by Gasteiger charge is 2.24. The molecule has 3 aromatic rings. The molecule has 0 saturated carbocycles. The van der Waals surface area contributed by atoms with Crippen molar-refractivity contribution in [2.75, 3.05) is 5.32 Å². The van der Waals surface area contributed by atoms with Crippen molar-refractivity contribution < 1.29 is 14.4 Å². The first kappa shape index (κ1) is 15.4. The number of thiophene rings is 1. The summed E-state index contributed by atoms with van der Waals surface area (Å²) in [7, 11) is 0. The predicted molar refractivity (Wildman–Crippen MR) is 92.6 cm³/mol. The van der Waals surface area contributed by atoms with Crippen LogP contribution in [0, 0.1) is 11.3 Å². The number of anilines is 1. The highest BCUT2D eigenvalue weighted by atomic mass is 32.1. The van der Waals surface area contributed by atoms with E-state index in [9.17, 15) is 15.2 Å². The van der Waals surface area contributed by atoms with Gasteiger partial charge < -0.3 is 14.9 Å². The Morgan fingerprint density at radius 3 is 2.88 bits per heavy atom. The van der Waals surface area contributed by atoms with Gasteiger partial charge in [-0.15, -0.1) is 11.3 Å². The molecule has 6 nitrogen and oxygen atoms in total. The van der Waals surface area contributed by atoms with Crippen molar-refractivity contribution in [1.82, 2.24) is 5.16 Å². The van der Waals surface area contributed by atoms with Crippen LogP contribution < -0.4 is 5.32 Å². The van der Waals surface area contributed by atoms with Gasteiger partial charge >= 0.3 is 0 Å². The summed E-state index contributed by atoms with van der Waals surface area (Å²) < 4.78 is 5.21. The number of rotatable bonds is 3. The van der Waals surface area contributed by atoms with Crippen molar-refractivity contribution in [3.63, 3.8) is 0 Å². The Hall–Kier alpha value is -3.11. The van der Waals surface area contributed by atoms with Crippen LogP contribution in [-0.2, 0) is 12.8 Å². The SMILES string of the molecule is N#Cc1c(NC(=O)c2cc(-c3ccc(O)cc3)on2)sc2c1CCC2. The topological polar surface area (TPSA) is 99.2 Å². The zero-order chi connectivity index (χ0) is 17.4. The van der Waals surface area contributed by atoms with Crippen molar-refractivity contribution in [2.24, 2.45) is 0 Å². The number of benzene rings is 1. The van der Waals surface area contributed by atoms with Gasteiger partial charge in [-0.05, 0) is 49.1 Å². The number of hydrogen-bond acceptors (Lipinski definition) is 6. The number of aromatic hydroxyl groups is 1. The van der Waals surface area contributed by atoms with Crippen LogP contribution >= 0.6 is 11.3 Å². The van der Waals surface area contributed by atoms with E-state index in [2.05, 4.69) is 16.5 Å². The summed E-state index contributed by atoms with van der Waals surface area (Å²) in [5.41, 5.74) is 2.47. The molecule has 1 amide bonds. The molecule has 2 N–H and O–H groups in total. The summed E-state index contributed by atoms with van der Waals surface area (Å²) in [4.78, 5) is 13.6. The number of nitriles is 1. The van der Waals surface area contributed by atoms with Crippen LogP contribution in [0.25, 0.3) is 11.3 Å². The molecular weight excluding hydrogens is 338 g/mol. The maximum atomic E-state index is 12.4. The smallest absolute Gasteiger partial charge is 0.278 e. The molecule has 1 aromatic carbocycles. The van der Waals surface area contributed by atoms with Crippen LogP contribution in [0.5, 0.6) is 5.75 Å². The molecular formula is C18H13N3O3S. The highest BCUT2D eigenvalue weighted by molar-refractivity contribution is 7.16. The Morgan fingerprint density at radius 2 is 2.12 bits per heavy atom. The Kier molecular flexibility index (Phi) is 3.75. The number of carbonyl (C=O) groups excluding carboxylic acids is 1. The van der Waals surface area contributed by atoms with Crippen molar-refractivity contribution in [3.05, 3.63) is 52.0 Å². The largest absolute Gasteiger partial charge is 0.508 e. The van der Waals surface area contributed by atoms with Gasteiger partial charge in [0.15, 0.2) is 11.5 Å². The number of hydrogen-bond donors (Lipinski definition) is 2. The lowest BCUT2D eigenvalue weighted by Gasteiger charge is -2.00. The minimum Gasteiger partial charge on any atom is -0.508 e. The first-order valence-electron chi connectivity index (χ1n) is 7.78. The number of phenolic OH excluding ortho intramolecular Hbond substituents is 1. The van der Waals surface area contributed by atoms with Crippen LogP contribution in [0.15, 0.2) is 34.9 Å². The fourth-order valence-corrected chi connectivity index (χ4v) is 4.16. The minimum atomic E-state index is -0.412. The lowest BCUT2D eigenvalue weighted by Crippen LogP contribution is -2.12. The molecule has 0 aliphatic heterocycles. The van der Waals surface area contributed by atoms with Gasteiger partial charge in [0, 0.05) is 16.5 Å². The summed E-state index contributed by atoms with van der Waals surface area (Å²) in [5, 5.41) is 25.9. The number of phenols is 1. The van der Waals surface area contributed by atoms with Crippen molar-refractivity contribution in [2.45, 2.75) is 19.3 Å². The van der Waals surface area contributed by atoms with Crippen molar-refractivity contribution in [3.8, 4) is 23.1 Å². The minimum absolute atomic E-state index is 0.139. The number of fused-ring (bicyclic) bond motifs is 1. The fraction of sp³-hybridized carbons (Fsp3) is 0.167. The maximum Gasteiger partial charge on any atom is 0.278 e. The number of nitrogens with one attached hydrogen (secondary N) is 1. The van der Waals surface area contributed by atoms with E-state index in [4.69, 9.17) is 4.52 Å². The molecule has 0 saturated heterocycles. The molecule has 7 heteroatoms. The molecule has 0 spiro atoms. The monoisotopic (exact) mass is 351 g/mol. The van der Waals surface area contributed by atoms with Crippen molar-refractivity contribution in [1.29, 1.82) is 5.26 Å². The van der Waals surface area contributed by atoms with E-state index in [0.29, 0.717) is 21.9 Å². The lowest BCUT2D eigenvalue weighted by molar-refractivity contribution is 0.101. The third-order valence-corrected chi connectivity index (χ3v) is 5.36. The van der Waals surface area contributed by atoms with Crippen LogP contribution in [0.3, 0.4) is 0 Å². The van der Waals surface area contributed by atoms with Gasteiger partial charge in [0.2, 0.25) is 0 Å². The van der Waals surface area contributed by atoms with Gasteiger partial charge in [-0.1, -0.05) is 5.16 Å². The molecule has 4 rings (SSSR count). The summed E-state index contributed by atoms with van der Waals surface area (Å²) in [6.07, 6.45) is 2.91. The van der Waals surface area contributed by atoms with Gasteiger partial charge in [-0.25, -0.2) is 0 Å². The molecule has 2 aromatic heterocycles. The summed E-state index contributed by atoms with van der Waals surface area (Å²) in [6.45, 7) is 0. The Labute approximate surface area is 147 Å². The lowest BCUT2D eigenvalue weighted by atomic mass is 10.1. The van der Waals surface area contributed by atoms with E-state index in [-0.39, 0.29) is 11.4 Å². The van der Waals surface area contributed by atoms with Crippen LogP contribution in [0.2, 0.25) is 0 Å². The first-order valence-corrected chi connectivity index (χ1v) is 8.59. The number of aryl methyl sites for hydroxylation is 1. The summed E-state index contributed by atoms with van der Waals surface area (Å²) >= 11 is 1.46. The molecule has 124 valence electrons. The fourth-order valence-electron chi connectivity index (χ4n) is 2.92. The number of nitrogens with zero attached hydrogens (tertiary/aromatic N) is 2. The predicted octanol–water partition coefficient (Wildman–Crippen LogP) is 3.72. The first-order chi connectivity index (χ1) is 12.2. The van der Waals surface area contributed by atoms with E-state index in [1.54, 1.807) is 12.1 Å². The third kappa shape index (κ3) is 2.77. The third-order valence-electron chi connectivity index (χ3n) is 4.15. The average Bonchev–Trinajstić information content (AvgIpc) is 3.30. The second kappa shape index (κ2) is 6.07. The summed E-state index contributed by atoms with van der Waals surface area (Å²) in [6, 6.07) is 10.1.